The second-order valence-electron chi connectivity index (χ2n) is 13.8. The van der Waals surface area contributed by atoms with Crippen LogP contribution < -0.4 is 14.8 Å². The first-order chi connectivity index (χ1) is 26.5. The standard InChI is InChI=1S/C40H45ClN2O10S2/c1-43(26-10-12-27(13-11-26)53-39(48)40(49,33-8-4-18-54-33)34-9-5-19-55-34)16-17-51-36(47)22-25-21-32(50-2)24(20-29(25)41)6-3-7-30(44)28-14-15-31(45)37-38(28)52-23-35(46)42-37/h4-5,8-9,14-15,18-21,26-27,30,44-45,49H,3,6-7,10-13,16-17,22-23H2,1-2H3,(H,42,46)/t26?,27?,30-/m0/s1. The zero-order valence-corrected chi connectivity index (χ0v) is 33.0. The number of esters is 2. The molecule has 15 heteroatoms. The van der Waals surface area contributed by atoms with Crippen LogP contribution in [0, 0.1) is 0 Å². The molecule has 1 atom stereocenters. The lowest BCUT2D eigenvalue weighted by atomic mass is 9.91. The predicted molar refractivity (Wildman–Crippen MR) is 209 cm³/mol. The summed E-state index contributed by atoms with van der Waals surface area (Å²) >= 11 is 9.25. The number of aliphatic hydroxyl groups is 2. The molecule has 294 valence electrons. The Morgan fingerprint density at radius 3 is 2.44 bits per heavy atom. The molecule has 0 spiro atoms. The summed E-state index contributed by atoms with van der Waals surface area (Å²) < 4.78 is 22.6. The Kier molecular flexibility index (Phi) is 13.4. The Bertz CT molecular complexity index is 1910. The number of aryl methyl sites for hydroxylation is 1. The van der Waals surface area contributed by atoms with E-state index in [1.54, 1.807) is 49.6 Å². The van der Waals surface area contributed by atoms with Gasteiger partial charge in [0.25, 0.3) is 5.91 Å². The fourth-order valence-corrected chi connectivity index (χ4v) is 9.03. The number of phenolic OH excluding ortho intramolecular Hbond substituents is 1. The van der Waals surface area contributed by atoms with Crippen LogP contribution in [-0.4, -0.2) is 84.1 Å². The number of halogens is 1. The summed E-state index contributed by atoms with van der Waals surface area (Å²) in [5.74, 6) is -0.757. The van der Waals surface area contributed by atoms with Crippen molar-refractivity contribution < 1.29 is 48.7 Å². The largest absolute Gasteiger partial charge is 0.506 e. The third-order valence-electron chi connectivity index (χ3n) is 10.1. The number of nitrogens with one attached hydrogen (secondary N) is 1. The highest BCUT2D eigenvalue weighted by molar-refractivity contribution is 7.12. The predicted octanol–water partition coefficient (Wildman–Crippen LogP) is 6.37. The molecule has 4 N–H and O–H groups in total. The van der Waals surface area contributed by atoms with Crippen LogP contribution in [0.25, 0.3) is 0 Å². The SMILES string of the molecule is COc1cc(CC(=O)OCCN(C)C2CCC(OC(=O)C(O)(c3cccs3)c3cccs3)CC2)c(Cl)cc1CCC[C@H](O)c1ccc(O)c2c1OCC(=O)N2. The number of phenols is 1. The van der Waals surface area contributed by atoms with Gasteiger partial charge in [0.05, 0.1) is 29.4 Å². The molecule has 6 rings (SSSR count). The number of anilines is 1. The molecule has 12 nitrogen and oxygen atoms in total. The summed E-state index contributed by atoms with van der Waals surface area (Å²) in [6.45, 7) is 0.537. The molecule has 1 aliphatic heterocycles. The number of hydrogen-bond acceptors (Lipinski definition) is 13. The van der Waals surface area contributed by atoms with Crippen molar-refractivity contribution in [3.8, 4) is 17.2 Å². The Hall–Kier alpha value is -4.18. The second kappa shape index (κ2) is 18.2. The van der Waals surface area contributed by atoms with Crippen LogP contribution in [0.2, 0.25) is 5.02 Å². The number of nitrogens with zero attached hydrogens (tertiary/aromatic N) is 1. The van der Waals surface area contributed by atoms with Crippen molar-refractivity contribution in [1.29, 1.82) is 0 Å². The highest BCUT2D eigenvalue weighted by atomic mass is 35.5. The molecule has 0 radical (unpaired) electrons. The Balaban J connectivity index is 0.933. The van der Waals surface area contributed by atoms with Crippen LogP contribution in [0.1, 0.15) is 71.1 Å². The van der Waals surface area contributed by atoms with Gasteiger partial charge in [0.15, 0.2) is 12.4 Å². The number of fused-ring (bicyclic) bond motifs is 1. The van der Waals surface area contributed by atoms with Crippen molar-refractivity contribution >= 4 is 57.8 Å². The highest BCUT2D eigenvalue weighted by Gasteiger charge is 2.45. The van der Waals surface area contributed by atoms with Gasteiger partial charge in [0, 0.05) is 23.2 Å². The first-order valence-corrected chi connectivity index (χ1v) is 20.3. The molecule has 3 heterocycles. The van der Waals surface area contributed by atoms with E-state index in [0.29, 0.717) is 70.3 Å². The van der Waals surface area contributed by atoms with Gasteiger partial charge < -0.3 is 44.5 Å². The van der Waals surface area contributed by atoms with E-state index in [9.17, 15) is 29.7 Å². The van der Waals surface area contributed by atoms with E-state index < -0.39 is 23.6 Å². The third kappa shape index (κ3) is 9.45. The van der Waals surface area contributed by atoms with Gasteiger partial charge in [-0.3, -0.25) is 9.59 Å². The van der Waals surface area contributed by atoms with Gasteiger partial charge in [-0.2, -0.15) is 0 Å². The minimum atomic E-state index is -1.82. The van der Waals surface area contributed by atoms with Gasteiger partial charge in [0.2, 0.25) is 5.60 Å². The molecule has 4 aromatic rings. The van der Waals surface area contributed by atoms with Crippen molar-refractivity contribution in [2.24, 2.45) is 0 Å². The quantitative estimate of drug-likeness (QED) is 0.0734. The van der Waals surface area contributed by atoms with Gasteiger partial charge in [-0.1, -0.05) is 23.7 Å². The average molecular weight is 813 g/mol. The molecule has 0 bridgehead atoms. The van der Waals surface area contributed by atoms with Crippen LogP contribution >= 0.6 is 34.3 Å². The van der Waals surface area contributed by atoms with Crippen LogP contribution in [0.15, 0.2) is 59.3 Å². The molecule has 2 aromatic heterocycles. The van der Waals surface area contributed by atoms with Gasteiger partial charge >= 0.3 is 11.9 Å². The van der Waals surface area contributed by atoms with Gasteiger partial charge in [0.1, 0.15) is 29.9 Å². The molecule has 1 fully saturated rings. The molecular weight excluding hydrogens is 768 g/mol. The topological polar surface area (TPSA) is 164 Å². The van der Waals surface area contributed by atoms with Crippen LogP contribution in [0.5, 0.6) is 17.2 Å². The number of amides is 1. The monoisotopic (exact) mass is 812 g/mol. The first-order valence-electron chi connectivity index (χ1n) is 18.2. The Morgan fingerprint density at radius 2 is 1.78 bits per heavy atom. The van der Waals surface area contributed by atoms with Gasteiger partial charge in [-0.05, 0) is 110 Å². The molecule has 2 aromatic carbocycles. The van der Waals surface area contributed by atoms with Gasteiger partial charge in [-0.25, -0.2) is 4.79 Å². The minimum absolute atomic E-state index is 0.0276. The normalized spacial score (nSPS) is 17.5. The molecule has 0 saturated heterocycles. The lowest BCUT2D eigenvalue weighted by molar-refractivity contribution is -0.169. The van der Waals surface area contributed by atoms with E-state index in [2.05, 4.69) is 10.2 Å². The molecule has 55 heavy (non-hydrogen) atoms. The molecule has 1 amide bonds. The second-order valence-corrected chi connectivity index (χ2v) is 16.1. The number of carbonyl (C=O) groups is 3. The Labute approximate surface area is 332 Å². The number of benzene rings is 2. The smallest absolute Gasteiger partial charge is 0.349 e. The number of methoxy groups -OCH3 is 1. The fourth-order valence-electron chi connectivity index (χ4n) is 7.06. The molecule has 1 saturated carbocycles. The van der Waals surface area contributed by atoms with Crippen molar-refractivity contribution in [3.63, 3.8) is 0 Å². The number of aromatic hydroxyl groups is 1. The molecule has 2 aliphatic rings. The van der Waals surface area contributed by atoms with E-state index in [-0.39, 0.29) is 54.9 Å². The zero-order valence-electron chi connectivity index (χ0n) is 30.6. The van der Waals surface area contributed by atoms with Crippen LogP contribution in [0.3, 0.4) is 0 Å². The number of aliphatic hydroxyl groups excluding tert-OH is 1. The summed E-state index contributed by atoms with van der Waals surface area (Å²) in [7, 11) is 3.53. The van der Waals surface area contributed by atoms with Crippen LogP contribution in [0.4, 0.5) is 5.69 Å². The number of thiophene rings is 2. The summed E-state index contributed by atoms with van der Waals surface area (Å²) in [5, 5.41) is 39.2. The summed E-state index contributed by atoms with van der Waals surface area (Å²) in [5.41, 5.74) is 0.196. The van der Waals surface area contributed by atoms with E-state index in [1.807, 2.05) is 17.8 Å². The van der Waals surface area contributed by atoms with E-state index >= 15 is 0 Å². The Morgan fingerprint density at radius 1 is 1.07 bits per heavy atom. The average Bonchev–Trinajstić information content (AvgIpc) is 3.93. The summed E-state index contributed by atoms with van der Waals surface area (Å²) in [6, 6.07) is 13.8. The van der Waals surface area contributed by atoms with Crippen molar-refractivity contribution in [1.82, 2.24) is 4.90 Å². The first kappa shape index (κ1) is 40.5. The number of hydrogen-bond donors (Lipinski definition) is 4. The maximum Gasteiger partial charge on any atom is 0.349 e. The van der Waals surface area contributed by atoms with Crippen molar-refractivity contribution in [2.75, 3.05) is 39.2 Å². The van der Waals surface area contributed by atoms with E-state index in [0.717, 1.165) is 18.4 Å². The van der Waals surface area contributed by atoms with Crippen molar-refractivity contribution in [2.45, 2.75) is 75.2 Å². The zero-order chi connectivity index (χ0) is 39.1. The lowest BCUT2D eigenvalue weighted by Crippen LogP contribution is -2.42. The molecule has 0 unspecified atom stereocenters. The summed E-state index contributed by atoms with van der Waals surface area (Å²) in [4.78, 5) is 41.1. The number of rotatable bonds is 16. The summed E-state index contributed by atoms with van der Waals surface area (Å²) in [6.07, 6.45) is 3.16. The fraction of sp³-hybridized carbons (Fsp3) is 0.425. The number of carbonyl (C=O) groups excluding carboxylic acids is 3. The van der Waals surface area contributed by atoms with Crippen LogP contribution in [-0.2, 0) is 42.3 Å². The number of ether oxygens (including phenoxy) is 4. The molecule has 1 aliphatic carbocycles. The maximum atomic E-state index is 13.4. The van der Waals surface area contributed by atoms with E-state index in [1.165, 1.54) is 28.7 Å². The molecular formula is C40H45ClN2O10S2. The lowest BCUT2D eigenvalue weighted by Gasteiger charge is -2.35. The van der Waals surface area contributed by atoms with E-state index in [4.69, 9.17) is 30.5 Å². The minimum Gasteiger partial charge on any atom is -0.506 e. The number of likely N-dealkylation sites (N-methyl/N-ethyl adjacent to an activating group) is 1. The van der Waals surface area contributed by atoms with Crippen molar-refractivity contribution in [3.05, 3.63) is 90.8 Å². The maximum absolute atomic E-state index is 13.4. The van der Waals surface area contributed by atoms with Gasteiger partial charge in [-0.15, -0.1) is 22.7 Å². The highest BCUT2D eigenvalue weighted by Crippen LogP contribution is 2.43. The third-order valence-corrected chi connectivity index (χ3v) is 12.5.